The van der Waals surface area contributed by atoms with E-state index in [0.717, 1.165) is 24.4 Å². The maximum absolute atomic E-state index is 11.8. The molecule has 0 atom stereocenters. The summed E-state index contributed by atoms with van der Waals surface area (Å²) in [5, 5.41) is 14.7. The van der Waals surface area contributed by atoms with E-state index in [4.69, 9.17) is 5.84 Å². The average molecular weight is 289 g/mol. The maximum Gasteiger partial charge on any atom is 0.271 e. The molecule has 0 bridgehead atoms. The lowest BCUT2D eigenvalue weighted by atomic mass is 10.3. The van der Waals surface area contributed by atoms with Crippen LogP contribution in [0.2, 0.25) is 0 Å². The maximum atomic E-state index is 11.8. The second kappa shape index (κ2) is 6.80. The van der Waals surface area contributed by atoms with Crippen molar-refractivity contribution in [2.24, 2.45) is 5.84 Å². The molecule has 0 aliphatic carbocycles. The zero-order chi connectivity index (χ0) is 15.2. The van der Waals surface area contributed by atoms with E-state index in [1.807, 2.05) is 24.6 Å². The van der Waals surface area contributed by atoms with E-state index in [-0.39, 0.29) is 11.6 Å². The van der Waals surface area contributed by atoms with Crippen molar-refractivity contribution < 1.29 is 4.79 Å². The number of hydrogen-bond acceptors (Lipinski definition) is 6. The lowest BCUT2D eigenvalue weighted by molar-refractivity contribution is 0.0946. The molecule has 0 spiro atoms. The van der Waals surface area contributed by atoms with Gasteiger partial charge in [0.2, 0.25) is 0 Å². The first-order valence-electron chi connectivity index (χ1n) is 6.70. The molecular weight excluding hydrogens is 270 g/mol. The van der Waals surface area contributed by atoms with E-state index >= 15 is 0 Å². The second-order valence-corrected chi connectivity index (χ2v) is 4.71. The van der Waals surface area contributed by atoms with Gasteiger partial charge >= 0.3 is 0 Å². The molecule has 0 saturated carbocycles. The van der Waals surface area contributed by atoms with Crippen LogP contribution < -0.4 is 16.6 Å². The monoisotopic (exact) mass is 289 g/mol. The summed E-state index contributed by atoms with van der Waals surface area (Å²) in [6, 6.07) is 5.19. The smallest absolute Gasteiger partial charge is 0.271 e. The predicted octanol–water partition coefficient (Wildman–Crippen LogP) is 0.396. The lowest BCUT2D eigenvalue weighted by Gasteiger charge is -2.06. The number of nitrogens with zero attached hydrogens (tertiary/aromatic N) is 4. The molecule has 0 radical (unpaired) electrons. The molecule has 4 N–H and O–H groups in total. The van der Waals surface area contributed by atoms with Crippen LogP contribution in [0.3, 0.4) is 0 Å². The summed E-state index contributed by atoms with van der Waals surface area (Å²) in [5.41, 5.74) is 4.74. The molecule has 2 heterocycles. The molecule has 0 unspecified atom stereocenters. The minimum absolute atomic E-state index is 0.251. The normalized spacial score (nSPS) is 10.4. The Balaban J connectivity index is 1.77. The molecule has 1 amide bonds. The number of carbonyl (C=O) groups excluding carboxylic acids is 1. The van der Waals surface area contributed by atoms with Crippen LogP contribution >= 0.6 is 0 Å². The zero-order valence-electron chi connectivity index (χ0n) is 12.1. The van der Waals surface area contributed by atoms with Gasteiger partial charge in [-0.1, -0.05) is 0 Å². The molecule has 0 saturated heterocycles. The molecule has 0 aliphatic heterocycles. The number of aryl methyl sites for hydroxylation is 3. The van der Waals surface area contributed by atoms with Crippen LogP contribution in [-0.4, -0.2) is 32.4 Å². The Morgan fingerprint density at radius 1 is 1.33 bits per heavy atom. The predicted molar refractivity (Wildman–Crippen MR) is 78.5 cm³/mol. The van der Waals surface area contributed by atoms with Crippen molar-refractivity contribution in [2.45, 2.75) is 26.8 Å². The first-order chi connectivity index (χ1) is 10.1. The number of nitrogens with one attached hydrogen (secondary N) is 2. The molecule has 8 heteroatoms. The number of anilines is 1. The molecular formula is C13H19N7O. The van der Waals surface area contributed by atoms with Crippen molar-refractivity contribution in [1.82, 2.24) is 25.3 Å². The molecule has 2 rings (SSSR count). The summed E-state index contributed by atoms with van der Waals surface area (Å²) in [7, 11) is 0. The molecule has 0 aromatic carbocycles. The van der Waals surface area contributed by atoms with Crippen molar-refractivity contribution in [2.75, 3.05) is 12.0 Å². The van der Waals surface area contributed by atoms with Crippen LogP contribution in [0, 0.1) is 13.8 Å². The number of hydrogen-bond donors (Lipinski definition) is 3. The highest BCUT2D eigenvalue weighted by Gasteiger charge is 2.07. The summed E-state index contributed by atoms with van der Waals surface area (Å²) < 4.78 is 1.93. The fourth-order valence-corrected chi connectivity index (χ4v) is 1.95. The van der Waals surface area contributed by atoms with Crippen LogP contribution in [0.4, 0.5) is 5.82 Å². The van der Waals surface area contributed by atoms with Gasteiger partial charge in [0, 0.05) is 18.8 Å². The van der Waals surface area contributed by atoms with Gasteiger partial charge in [-0.15, -0.1) is 10.2 Å². The number of hydrazine groups is 1. The summed E-state index contributed by atoms with van der Waals surface area (Å²) in [4.78, 5) is 11.8. The molecule has 8 nitrogen and oxygen atoms in total. The molecule has 2 aromatic heterocycles. The van der Waals surface area contributed by atoms with E-state index in [9.17, 15) is 4.79 Å². The van der Waals surface area contributed by atoms with Crippen LogP contribution in [0.1, 0.15) is 28.3 Å². The molecule has 2 aromatic rings. The number of nitrogens with two attached hydrogens (primary N) is 1. The van der Waals surface area contributed by atoms with E-state index < -0.39 is 0 Å². The molecule has 0 aliphatic rings. The topological polar surface area (TPSA) is 111 Å². The van der Waals surface area contributed by atoms with Crippen LogP contribution in [0.15, 0.2) is 18.2 Å². The fraction of sp³-hybridized carbons (Fsp3) is 0.385. The largest absolute Gasteiger partial charge is 0.351 e. The van der Waals surface area contributed by atoms with Gasteiger partial charge in [-0.05, 0) is 38.5 Å². The van der Waals surface area contributed by atoms with Gasteiger partial charge in [-0.25, -0.2) is 5.84 Å². The van der Waals surface area contributed by atoms with Gasteiger partial charge < -0.3 is 10.7 Å². The Morgan fingerprint density at radius 3 is 2.71 bits per heavy atom. The Morgan fingerprint density at radius 2 is 2.14 bits per heavy atom. The highest BCUT2D eigenvalue weighted by atomic mass is 16.1. The summed E-state index contributed by atoms with van der Waals surface area (Å²) >= 11 is 0. The van der Waals surface area contributed by atoms with Crippen LogP contribution in [0.25, 0.3) is 0 Å². The summed E-state index contributed by atoms with van der Waals surface area (Å²) in [6.45, 7) is 5.29. The highest BCUT2D eigenvalue weighted by molar-refractivity contribution is 5.92. The fourth-order valence-electron chi connectivity index (χ4n) is 1.95. The average Bonchev–Trinajstić information content (AvgIpc) is 2.81. The van der Waals surface area contributed by atoms with Gasteiger partial charge in [0.05, 0.1) is 5.69 Å². The third-order valence-electron chi connectivity index (χ3n) is 2.98. The van der Waals surface area contributed by atoms with Crippen molar-refractivity contribution in [1.29, 1.82) is 0 Å². The summed E-state index contributed by atoms with van der Waals surface area (Å²) in [6.07, 6.45) is 0.795. The zero-order valence-corrected chi connectivity index (χ0v) is 12.1. The lowest BCUT2D eigenvalue weighted by Crippen LogP contribution is -2.26. The number of amides is 1. The van der Waals surface area contributed by atoms with Gasteiger partial charge in [-0.2, -0.15) is 5.10 Å². The van der Waals surface area contributed by atoms with Crippen molar-refractivity contribution in [3.05, 3.63) is 35.3 Å². The number of rotatable bonds is 6. The van der Waals surface area contributed by atoms with Crippen LogP contribution in [0.5, 0.6) is 0 Å². The summed E-state index contributed by atoms with van der Waals surface area (Å²) in [5.74, 6) is 5.34. The van der Waals surface area contributed by atoms with Gasteiger partial charge in [0.25, 0.3) is 5.91 Å². The van der Waals surface area contributed by atoms with E-state index in [2.05, 4.69) is 26.0 Å². The van der Waals surface area contributed by atoms with E-state index in [0.29, 0.717) is 12.4 Å². The highest BCUT2D eigenvalue weighted by Crippen LogP contribution is 2.03. The number of carbonyl (C=O) groups is 1. The number of nitrogen functional groups attached to an aromatic ring is 1. The second-order valence-electron chi connectivity index (χ2n) is 4.71. The van der Waals surface area contributed by atoms with Crippen LogP contribution in [-0.2, 0) is 6.54 Å². The van der Waals surface area contributed by atoms with Gasteiger partial charge in [0.1, 0.15) is 0 Å². The molecule has 0 fully saturated rings. The number of aromatic nitrogens is 4. The van der Waals surface area contributed by atoms with Crippen molar-refractivity contribution in [3.8, 4) is 0 Å². The van der Waals surface area contributed by atoms with Gasteiger partial charge in [-0.3, -0.25) is 9.48 Å². The van der Waals surface area contributed by atoms with Crippen molar-refractivity contribution >= 4 is 11.7 Å². The first kappa shape index (κ1) is 14.9. The Kier molecular flexibility index (Phi) is 4.83. The molecule has 112 valence electrons. The standard InChI is InChI=1S/C13H19N7O/c1-9-8-10(2)20(19-9)7-3-6-15-13(21)11-4-5-12(16-14)18-17-11/h4-5,8H,3,6-7,14H2,1-2H3,(H,15,21)(H,16,18). The van der Waals surface area contributed by atoms with Gasteiger partial charge in [0.15, 0.2) is 11.5 Å². The Hall–Kier alpha value is -2.48. The van der Waals surface area contributed by atoms with E-state index in [1.54, 1.807) is 12.1 Å². The first-order valence-corrected chi connectivity index (χ1v) is 6.70. The third-order valence-corrected chi connectivity index (χ3v) is 2.98. The Bertz CT molecular complexity index is 605. The SMILES string of the molecule is Cc1cc(C)n(CCCNC(=O)c2ccc(NN)nn2)n1. The third kappa shape index (κ3) is 3.99. The Labute approximate surface area is 122 Å². The molecule has 21 heavy (non-hydrogen) atoms. The van der Waals surface area contributed by atoms with Crippen molar-refractivity contribution in [3.63, 3.8) is 0 Å². The minimum Gasteiger partial charge on any atom is -0.351 e. The van der Waals surface area contributed by atoms with E-state index in [1.165, 1.54) is 0 Å². The minimum atomic E-state index is -0.251. The quantitative estimate of drug-likeness (QED) is 0.403.